The molecular weight excluding hydrogens is 627 g/mol. The number of ether oxygens (including phenoxy) is 1. The molecule has 0 aliphatic carbocycles. The van der Waals surface area contributed by atoms with Crippen LogP contribution in [-0.4, -0.2) is 0 Å². The minimum Gasteiger partial charge on any atom is -0.457 e. The monoisotopic (exact) mass is 659 g/mol. The maximum atomic E-state index is 13.2. The second kappa shape index (κ2) is 11.1. The molecule has 8 aromatic rings. The van der Waals surface area contributed by atoms with Gasteiger partial charge in [0.15, 0.2) is 0 Å². The lowest BCUT2D eigenvalue weighted by molar-refractivity contribution is 0.433. The fraction of sp³-hybridized carbons (Fsp3) is 0.0851. The Labute approximate surface area is 295 Å². The van der Waals surface area contributed by atoms with Crippen LogP contribution in [0, 0.1) is 0 Å². The van der Waals surface area contributed by atoms with Crippen LogP contribution in [0.15, 0.2) is 167 Å². The van der Waals surface area contributed by atoms with Gasteiger partial charge in [-0.2, -0.15) is 0 Å². The van der Waals surface area contributed by atoms with Crippen LogP contribution in [0.25, 0.3) is 33.1 Å². The molecule has 2 aliphatic rings. The zero-order valence-electron chi connectivity index (χ0n) is 28.3. The zero-order chi connectivity index (χ0) is 34.3. The molecular formula is C47H33NO3. The maximum Gasteiger partial charge on any atom is 0.200 e. The van der Waals surface area contributed by atoms with Crippen molar-refractivity contribution >= 4 is 39.0 Å². The Balaban J connectivity index is 1.15. The molecule has 2 aliphatic heterocycles. The van der Waals surface area contributed by atoms with E-state index in [-0.39, 0.29) is 5.43 Å². The third kappa shape index (κ3) is 4.23. The molecule has 3 heterocycles. The Hall–Kier alpha value is -6.39. The summed E-state index contributed by atoms with van der Waals surface area (Å²) in [7, 11) is 0. The van der Waals surface area contributed by atoms with Crippen LogP contribution in [0.4, 0.5) is 17.1 Å². The lowest BCUT2D eigenvalue weighted by Crippen LogP contribution is -2.39. The normalized spacial score (nSPS) is 13.8. The van der Waals surface area contributed by atoms with Crippen LogP contribution < -0.4 is 15.1 Å². The van der Waals surface area contributed by atoms with Crippen molar-refractivity contribution in [2.24, 2.45) is 0 Å². The third-order valence-electron chi connectivity index (χ3n) is 10.7. The summed E-state index contributed by atoms with van der Waals surface area (Å²) in [5.74, 6) is 2.13. The van der Waals surface area contributed by atoms with Crippen molar-refractivity contribution in [2.45, 2.75) is 25.2 Å². The molecule has 10 rings (SSSR count). The molecule has 7 aromatic carbocycles. The molecule has 0 fully saturated rings. The Morgan fingerprint density at radius 2 is 1.14 bits per heavy atom. The molecule has 0 unspecified atom stereocenters. The maximum absolute atomic E-state index is 13.2. The number of para-hydroxylation sites is 4. The van der Waals surface area contributed by atoms with Crippen molar-refractivity contribution in [1.29, 1.82) is 0 Å². The number of nitrogens with zero attached hydrogens (tertiary/aromatic N) is 1. The lowest BCUT2D eigenvalue weighted by atomic mass is 9.61. The number of anilines is 3. The summed E-state index contributed by atoms with van der Waals surface area (Å²) < 4.78 is 12.8. The number of benzene rings is 7. The van der Waals surface area contributed by atoms with Gasteiger partial charge in [-0.25, -0.2) is 0 Å². The van der Waals surface area contributed by atoms with Gasteiger partial charge in [0, 0.05) is 16.8 Å². The standard InChI is InChI=1S/C47H33NO3/c1-29(2)31-22-26-44-39(27-31)47(38-14-6-10-18-43(38)51-44)36-12-4-7-15-40(36)48(41-16-8-5-13-37(41)47)33-23-19-30(20-24-33)32-21-25-35-45(28-32)50-42-17-9-3-11-34(42)46(35)49/h3-29H,1-2H3. The van der Waals surface area contributed by atoms with Crippen LogP contribution >= 0.6 is 0 Å². The largest absolute Gasteiger partial charge is 0.457 e. The first-order valence-corrected chi connectivity index (χ1v) is 17.5. The van der Waals surface area contributed by atoms with E-state index in [9.17, 15) is 4.79 Å². The summed E-state index contributed by atoms with van der Waals surface area (Å²) >= 11 is 0. The van der Waals surface area contributed by atoms with Crippen molar-refractivity contribution < 1.29 is 9.15 Å². The average molecular weight is 660 g/mol. The topological polar surface area (TPSA) is 42.7 Å². The van der Waals surface area contributed by atoms with Crippen LogP contribution in [0.2, 0.25) is 0 Å². The lowest BCUT2D eigenvalue weighted by Gasteiger charge is -2.48. The van der Waals surface area contributed by atoms with Crippen molar-refractivity contribution in [3.8, 4) is 22.6 Å². The van der Waals surface area contributed by atoms with E-state index in [1.807, 2.05) is 42.5 Å². The minimum atomic E-state index is -0.585. The quantitative estimate of drug-likeness (QED) is 0.177. The first-order valence-electron chi connectivity index (χ1n) is 17.5. The van der Waals surface area contributed by atoms with Crippen molar-refractivity contribution in [2.75, 3.05) is 4.90 Å². The summed E-state index contributed by atoms with van der Waals surface area (Å²) in [5, 5.41) is 1.18. The molecule has 244 valence electrons. The highest BCUT2D eigenvalue weighted by Crippen LogP contribution is 2.62. The Kier molecular flexibility index (Phi) is 6.40. The minimum absolute atomic E-state index is 0.0100. The van der Waals surface area contributed by atoms with Gasteiger partial charge >= 0.3 is 0 Å². The summed E-state index contributed by atoms with van der Waals surface area (Å²) in [5.41, 5.74) is 11.9. The average Bonchev–Trinajstić information content (AvgIpc) is 3.18. The number of hydrogen-bond donors (Lipinski definition) is 0. The van der Waals surface area contributed by atoms with Crippen molar-refractivity contribution in [3.63, 3.8) is 0 Å². The Morgan fingerprint density at radius 3 is 1.88 bits per heavy atom. The van der Waals surface area contributed by atoms with Gasteiger partial charge in [-0.05, 0) is 94.4 Å². The van der Waals surface area contributed by atoms with E-state index < -0.39 is 5.41 Å². The highest BCUT2D eigenvalue weighted by molar-refractivity contribution is 5.93. The highest BCUT2D eigenvalue weighted by atomic mass is 16.5. The molecule has 0 amide bonds. The van der Waals surface area contributed by atoms with Crippen molar-refractivity contribution in [1.82, 2.24) is 0 Å². The number of fused-ring (bicyclic) bond motifs is 10. The number of hydrogen-bond acceptors (Lipinski definition) is 4. The summed E-state index contributed by atoms with van der Waals surface area (Å²) in [6.45, 7) is 4.49. The molecule has 51 heavy (non-hydrogen) atoms. The predicted octanol–water partition coefficient (Wildman–Crippen LogP) is 12.0. The molecule has 4 nitrogen and oxygen atoms in total. The van der Waals surface area contributed by atoms with E-state index >= 15 is 0 Å². The Bertz CT molecular complexity index is 2690. The zero-order valence-corrected chi connectivity index (χ0v) is 28.3. The SMILES string of the molecule is CC(C)c1ccc2c(c1)C1(c3ccccc3O2)c2ccccc2N(c2ccc(-c3ccc4c(=O)c5ccccc5oc4c3)cc2)c2ccccc21. The van der Waals surface area contributed by atoms with Gasteiger partial charge < -0.3 is 14.1 Å². The Morgan fingerprint density at radius 1 is 0.529 bits per heavy atom. The fourth-order valence-electron chi connectivity index (χ4n) is 8.31. The molecule has 1 spiro atoms. The molecule has 0 saturated heterocycles. The van der Waals surface area contributed by atoms with Gasteiger partial charge in [-0.3, -0.25) is 4.79 Å². The van der Waals surface area contributed by atoms with Gasteiger partial charge in [0.1, 0.15) is 22.7 Å². The van der Waals surface area contributed by atoms with Crippen LogP contribution in [-0.2, 0) is 5.41 Å². The second-order valence-electron chi connectivity index (χ2n) is 13.8. The van der Waals surface area contributed by atoms with E-state index in [0.717, 1.165) is 50.8 Å². The molecule has 0 bridgehead atoms. The molecule has 0 radical (unpaired) electrons. The molecule has 4 heteroatoms. The van der Waals surface area contributed by atoms with Gasteiger partial charge in [0.05, 0.1) is 27.6 Å². The van der Waals surface area contributed by atoms with E-state index in [2.05, 4.69) is 134 Å². The van der Waals surface area contributed by atoms with Crippen LogP contribution in [0.1, 0.15) is 47.6 Å². The van der Waals surface area contributed by atoms with E-state index in [1.165, 1.54) is 16.7 Å². The van der Waals surface area contributed by atoms with Gasteiger partial charge in [0.25, 0.3) is 0 Å². The van der Waals surface area contributed by atoms with Gasteiger partial charge in [0.2, 0.25) is 5.43 Å². The van der Waals surface area contributed by atoms with Gasteiger partial charge in [-0.1, -0.05) is 111 Å². The van der Waals surface area contributed by atoms with Crippen LogP contribution in [0.5, 0.6) is 11.5 Å². The van der Waals surface area contributed by atoms with Crippen molar-refractivity contribution in [3.05, 3.63) is 196 Å². The van der Waals surface area contributed by atoms with Crippen LogP contribution in [0.3, 0.4) is 0 Å². The third-order valence-corrected chi connectivity index (χ3v) is 10.7. The molecule has 0 saturated carbocycles. The summed E-state index contributed by atoms with van der Waals surface area (Å²) in [6, 6.07) is 54.8. The van der Waals surface area contributed by atoms with E-state index in [0.29, 0.717) is 27.9 Å². The first-order chi connectivity index (χ1) is 25.0. The second-order valence-corrected chi connectivity index (χ2v) is 13.8. The summed E-state index contributed by atoms with van der Waals surface area (Å²) in [6.07, 6.45) is 0. The molecule has 0 N–H and O–H groups in total. The smallest absolute Gasteiger partial charge is 0.200 e. The van der Waals surface area contributed by atoms with E-state index in [1.54, 1.807) is 0 Å². The molecule has 1 aromatic heterocycles. The first kappa shape index (κ1) is 29.5. The highest BCUT2D eigenvalue weighted by Gasteiger charge is 2.51. The predicted molar refractivity (Wildman–Crippen MR) is 206 cm³/mol. The fourth-order valence-corrected chi connectivity index (χ4v) is 8.31. The number of rotatable bonds is 3. The van der Waals surface area contributed by atoms with Gasteiger partial charge in [-0.15, -0.1) is 0 Å². The summed E-state index contributed by atoms with van der Waals surface area (Å²) in [4.78, 5) is 15.6. The van der Waals surface area contributed by atoms with E-state index in [4.69, 9.17) is 9.15 Å². The molecule has 0 atom stereocenters.